The maximum absolute atomic E-state index is 11.7. The topological polar surface area (TPSA) is 39.4 Å². The highest BCUT2D eigenvalue weighted by atomic mass is 19.4. The van der Waals surface area contributed by atoms with Gasteiger partial charge in [0.1, 0.15) is 18.2 Å². The average molecular weight is 236 g/mol. The molecule has 0 unspecified atom stereocenters. The van der Waals surface area contributed by atoms with E-state index in [0.29, 0.717) is 5.76 Å². The highest BCUT2D eigenvalue weighted by molar-refractivity contribution is 5.80. The molecule has 0 saturated carbocycles. The second kappa shape index (κ2) is 5.69. The van der Waals surface area contributed by atoms with E-state index in [4.69, 9.17) is 4.42 Å². The van der Waals surface area contributed by atoms with Crippen molar-refractivity contribution in [3.63, 3.8) is 0 Å². The first kappa shape index (κ1) is 12.8. The van der Waals surface area contributed by atoms with Crippen LogP contribution in [-0.2, 0) is 16.0 Å². The number of hydrogen-bond donors (Lipinski definition) is 0. The molecule has 0 saturated heterocycles. The van der Waals surface area contributed by atoms with Gasteiger partial charge < -0.3 is 9.15 Å². The fraction of sp³-hybridized carbons (Fsp3) is 0.500. The van der Waals surface area contributed by atoms with Crippen LogP contribution in [0.5, 0.6) is 0 Å². The lowest BCUT2D eigenvalue weighted by molar-refractivity contribution is -0.174. The van der Waals surface area contributed by atoms with E-state index in [-0.39, 0.29) is 25.2 Å². The molecule has 1 rings (SSSR count). The van der Waals surface area contributed by atoms with Gasteiger partial charge in [0.25, 0.3) is 0 Å². The van der Waals surface area contributed by atoms with Crippen LogP contribution in [0, 0.1) is 0 Å². The number of hydrogen-bond acceptors (Lipinski definition) is 3. The maximum atomic E-state index is 11.7. The summed E-state index contributed by atoms with van der Waals surface area (Å²) in [4.78, 5) is 11.2. The number of carbonyl (C=O) groups is 1. The predicted molar refractivity (Wildman–Crippen MR) is 48.9 cm³/mol. The lowest BCUT2D eigenvalue weighted by Crippen LogP contribution is -2.18. The quantitative estimate of drug-likeness (QED) is 0.712. The number of halogens is 3. The minimum Gasteiger partial charge on any atom is -0.469 e. The summed E-state index contributed by atoms with van der Waals surface area (Å²) in [5, 5.41) is 0. The summed E-state index contributed by atoms with van der Waals surface area (Å²) in [5.41, 5.74) is 0. The summed E-state index contributed by atoms with van der Waals surface area (Å²) < 4.78 is 44.2. The number of carbonyl (C=O) groups excluding carboxylic acids is 1. The Morgan fingerprint density at radius 2 is 2.19 bits per heavy atom. The fourth-order valence-corrected chi connectivity index (χ4v) is 1.07. The fourth-order valence-electron chi connectivity index (χ4n) is 1.07. The highest BCUT2D eigenvalue weighted by Crippen LogP contribution is 2.14. The van der Waals surface area contributed by atoms with Gasteiger partial charge in [-0.1, -0.05) is 0 Å². The maximum Gasteiger partial charge on any atom is 0.411 e. The molecular weight excluding hydrogens is 225 g/mol. The summed E-state index contributed by atoms with van der Waals surface area (Å²) in [6, 6.07) is 3.28. The van der Waals surface area contributed by atoms with Crippen LogP contribution in [0.15, 0.2) is 22.8 Å². The molecule has 0 atom stereocenters. The number of rotatable bonds is 6. The smallest absolute Gasteiger partial charge is 0.411 e. The number of furan rings is 1. The van der Waals surface area contributed by atoms with E-state index in [1.165, 1.54) is 6.26 Å². The average Bonchev–Trinajstić information content (AvgIpc) is 2.63. The molecule has 1 aromatic heterocycles. The second-order valence-electron chi connectivity index (χ2n) is 3.21. The first-order valence-electron chi connectivity index (χ1n) is 4.66. The van der Waals surface area contributed by atoms with Crippen LogP contribution in [0.3, 0.4) is 0 Å². The normalized spacial score (nSPS) is 11.7. The molecule has 0 aliphatic heterocycles. The van der Waals surface area contributed by atoms with Gasteiger partial charge in [-0.2, -0.15) is 13.2 Å². The Kier molecular flexibility index (Phi) is 4.54. The van der Waals surface area contributed by atoms with E-state index >= 15 is 0 Å². The highest BCUT2D eigenvalue weighted by Gasteiger charge is 2.27. The van der Waals surface area contributed by atoms with E-state index in [9.17, 15) is 18.0 Å². The largest absolute Gasteiger partial charge is 0.469 e. The minimum atomic E-state index is -4.34. The van der Waals surface area contributed by atoms with E-state index in [1.807, 2.05) is 0 Å². The Morgan fingerprint density at radius 3 is 2.75 bits per heavy atom. The molecular formula is C10H11F3O3. The van der Waals surface area contributed by atoms with Gasteiger partial charge in [0.2, 0.25) is 0 Å². The zero-order chi connectivity index (χ0) is 12.0. The molecule has 0 aliphatic rings. The summed E-state index contributed by atoms with van der Waals surface area (Å²) >= 11 is 0. The van der Waals surface area contributed by atoms with Gasteiger partial charge >= 0.3 is 6.18 Å². The molecule has 3 nitrogen and oxygen atoms in total. The van der Waals surface area contributed by atoms with Crippen molar-refractivity contribution < 1.29 is 27.1 Å². The lowest BCUT2D eigenvalue weighted by Gasteiger charge is -2.06. The second-order valence-corrected chi connectivity index (χ2v) is 3.21. The van der Waals surface area contributed by atoms with Crippen LogP contribution in [0.1, 0.15) is 12.2 Å². The van der Waals surface area contributed by atoms with Crippen LogP contribution in [0.4, 0.5) is 13.2 Å². The number of ketones is 1. The summed E-state index contributed by atoms with van der Waals surface area (Å²) in [5.74, 6) is 0.290. The Balaban J connectivity index is 2.12. The molecule has 0 aromatic carbocycles. The SMILES string of the molecule is O=C(CCOCC(F)(F)F)Cc1ccco1. The Labute approximate surface area is 90.2 Å². The molecule has 1 heterocycles. The Morgan fingerprint density at radius 1 is 1.44 bits per heavy atom. The molecule has 0 N–H and O–H groups in total. The Bertz CT molecular complexity index is 317. The monoisotopic (exact) mass is 236 g/mol. The molecule has 0 radical (unpaired) electrons. The third-order valence-electron chi connectivity index (χ3n) is 1.74. The minimum absolute atomic E-state index is 0.0449. The molecule has 6 heteroatoms. The van der Waals surface area contributed by atoms with E-state index in [2.05, 4.69) is 4.74 Å². The van der Waals surface area contributed by atoms with Crippen molar-refractivity contribution in [2.75, 3.05) is 13.2 Å². The van der Waals surface area contributed by atoms with Gasteiger partial charge in [-0.05, 0) is 12.1 Å². The van der Waals surface area contributed by atoms with Crippen LogP contribution in [0.25, 0.3) is 0 Å². The van der Waals surface area contributed by atoms with Gasteiger partial charge in [-0.3, -0.25) is 4.79 Å². The number of alkyl halides is 3. The van der Waals surface area contributed by atoms with Gasteiger partial charge in [0.05, 0.1) is 19.3 Å². The van der Waals surface area contributed by atoms with Crippen molar-refractivity contribution in [2.24, 2.45) is 0 Å². The van der Waals surface area contributed by atoms with Crippen molar-refractivity contribution in [3.05, 3.63) is 24.2 Å². The zero-order valence-electron chi connectivity index (χ0n) is 8.42. The number of ether oxygens (including phenoxy) is 1. The van der Waals surface area contributed by atoms with Crippen molar-refractivity contribution in [3.8, 4) is 0 Å². The molecule has 1 aromatic rings. The summed E-state index contributed by atoms with van der Waals surface area (Å²) in [7, 11) is 0. The predicted octanol–water partition coefficient (Wildman–Crippen LogP) is 2.36. The van der Waals surface area contributed by atoms with Crippen LogP contribution in [0.2, 0.25) is 0 Å². The first-order valence-corrected chi connectivity index (χ1v) is 4.66. The van der Waals surface area contributed by atoms with Gasteiger partial charge in [0.15, 0.2) is 0 Å². The van der Waals surface area contributed by atoms with Crippen molar-refractivity contribution in [1.82, 2.24) is 0 Å². The molecule has 0 fully saturated rings. The zero-order valence-corrected chi connectivity index (χ0v) is 8.42. The Hall–Kier alpha value is -1.30. The molecule has 0 aliphatic carbocycles. The molecule has 0 bridgehead atoms. The van der Waals surface area contributed by atoms with Gasteiger partial charge in [-0.25, -0.2) is 0 Å². The van der Waals surface area contributed by atoms with Gasteiger partial charge in [-0.15, -0.1) is 0 Å². The van der Waals surface area contributed by atoms with Crippen molar-refractivity contribution in [2.45, 2.75) is 19.0 Å². The van der Waals surface area contributed by atoms with Gasteiger partial charge in [0, 0.05) is 6.42 Å². The summed E-state index contributed by atoms with van der Waals surface area (Å²) in [6.07, 6.45) is -2.87. The van der Waals surface area contributed by atoms with Crippen LogP contribution >= 0.6 is 0 Å². The number of Topliss-reactive ketones (excluding diaryl/α,β-unsaturated/α-hetero) is 1. The standard InChI is InChI=1S/C10H11F3O3/c11-10(12,13)7-15-5-3-8(14)6-9-2-1-4-16-9/h1-2,4H,3,5-7H2. The third kappa shape index (κ3) is 5.55. The van der Waals surface area contributed by atoms with Crippen molar-refractivity contribution in [1.29, 1.82) is 0 Å². The molecule has 16 heavy (non-hydrogen) atoms. The van der Waals surface area contributed by atoms with Crippen molar-refractivity contribution >= 4 is 5.78 Å². The van der Waals surface area contributed by atoms with Crippen LogP contribution < -0.4 is 0 Å². The van der Waals surface area contributed by atoms with E-state index in [1.54, 1.807) is 12.1 Å². The first-order chi connectivity index (χ1) is 7.47. The summed E-state index contributed by atoms with van der Waals surface area (Å²) in [6.45, 7) is -1.54. The third-order valence-corrected chi connectivity index (χ3v) is 1.74. The van der Waals surface area contributed by atoms with E-state index in [0.717, 1.165) is 0 Å². The van der Waals surface area contributed by atoms with Crippen LogP contribution in [-0.4, -0.2) is 25.2 Å². The molecule has 0 amide bonds. The lowest BCUT2D eigenvalue weighted by atomic mass is 10.2. The van der Waals surface area contributed by atoms with E-state index < -0.39 is 12.8 Å². The molecule has 90 valence electrons. The molecule has 0 spiro atoms.